The number of Topliss-reactive ketones (excluding diaryl/α,β-unsaturated/α-hetero) is 1. The van der Waals surface area contributed by atoms with Crippen LogP contribution >= 0.6 is 0 Å². The van der Waals surface area contributed by atoms with E-state index in [0.29, 0.717) is 5.57 Å². The average molecular weight is 394 g/mol. The molecule has 0 aromatic carbocycles. The molecule has 4 aliphatic rings. The summed E-state index contributed by atoms with van der Waals surface area (Å²) in [6.07, 6.45) is 1.90. The fourth-order valence-electron chi connectivity index (χ4n) is 6.76. The molecule has 6 nitrogen and oxygen atoms in total. The lowest BCUT2D eigenvalue weighted by Gasteiger charge is -2.61. The first kappa shape index (κ1) is 19.9. The molecule has 4 rings (SSSR count). The van der Waals surface area contributed by atoms with Crippen LogP contribution in [0, 0.1) is 22.7 Å². The minimum Gasteiger partial charge on any atom is -0.390 e. The Balaban J connectivity index is 1.85. The highest BCUT2D eigenvalue weighted by Gasteiger charge is 2.75. The Morgan fingerprint density at radius 1 is 1.25 bits per heavy atom. The molecule has 2 saturated carbocycles. The number of halogens is 1. The summed E-state index contributed by atoms with van der Waals surface area (Å²) in [6, 6.07) is 0. The van der Waals surface area contributed by atoms with Crippen LogP contribution in [0.3, 0.4) is 0 Å². The van der Waals surface area contributed by atoms with Crippen LogP contribution in [0.4, 0.5) is 4.39 Å². The molecule has 0 heterocycles. The van der Waals surface area contributed by atoms with Crippen molar-refractivity contribution in [1.82, 2.24) is 0 Å². The number of carbonyl (C=O) groups is 2. The van der Waals surface area contributed by atoms with E-state index in [1.165, 1.54) is 12.2 Å². The Bertz CT molecular complexity index is 807. The molecule has 4 N–H and O–H groups in total. The van der Waals surface area contributed by atoms with Crippen LogP contribution in [0.2, 0.25) is 0 Å². The molecule has 7 heteroatoms. The van der Waals surface area contributed by atoms with Crippen LogP contribution in [0.25, 0.3) is 0 Å². The predicted octanol–water partition coefficient (Wildman–Crippen LogP) is 0.620. The molecule has 4 aliphatic carbocycles. The molecule has 4 unspecified atom stereocenters. The maximum absolute atomic E-state index is 16.8. The quantitative estimate of drug-likeness (QED) is 0.511. The van der Waals surface area contributed by atoms with E-state index < -0.39 is 58.5 Å². The second-order valence-corrected chi connectivity index (χ2v) is 9.36. The van der Waals surface area contributed by atoms with Crippen molar-refractivity contribution in [1.29, 1.82) is 0 Å². The first-order valence-electron chi connectivity index (χ1n) is 9.80. The molecule has 0 aliphatic heterocycles. The number of hydrogen-bond donors (Lipinski definition) is 4. The smallest absolute Gasteiger partial charge is 0.192 e. The van der Waals surface area contributed by atoms with Crippen molar-refractivity contribution in [2.75, 3.05) is 6.61 Å². The van der Waals surface area contributed by atoms with Gasteiger partial charge in [-0.2, -0.15) is 0 Å². The highest BCUT2D eigenvalue weighted by molar-refractivity contribution is 5.93. The third kappa shape index (κ3) is 2.01. The average Bonchev–Trinajstić information content (AvgIpc) is 2.84. The van der Waals surface area contributed by atoms with Crippen molar-refractivity contribution >= 4 is 11.6 Å². The van der Waals surface area contributed by atoms with Crippen LogP contribution in [0.5, 0.6) is 0 Å². The number of aliphatic hydroxyl groups is 4. The molecule has 0 spiro atoms. The van der Waals surface area contributed by atoms with Crippen molar-refractivity contribution in [2.45, 2.75) is 63.0 Å². The largest absolute Gasteiger partial charge is 0.390 e. The zero-order valence-electron chi connectivity index (χ0n) is 16.1. The van der Waals surface area contributed by atoms with E-state index in [-0.39, 0.29) is 31.5 Å². The molecule has 2 fully saturated rings. The second-order valence-electron chi connectivity index (χ2n) is 9.36. The van der Waals surface area contributed by atoms with E-state index in [1.54, 1.807) is 13.8 Å². The molecule has 0 aromatic rings. The molecule has 0 aromatic heterocycles. The molecular formula is C21H27FO6. The minimum absolute atomic E-state index is 0.00367. The number of aliphatic hydroxyl groups excluding tert-OH is 3. The van der Waals surface area contributed by atoms with Crippen molar-refractivity contribution in [3.63, 3.8) is 0 Å². The first-order chi connectivity index (χ1) is 13.0. The Morgan fingerprint density at radius 2 is 1.93 bits per heavy atom. The number of ketones is 2. The molecule has 0 saturated heterocycles. The number of rotatable bonds is 2. The summed E-state index contributed by atoms with van der Waals surface area (Å²) < 4.78 is 16.8. The highest BCUT2D eigenvalue weighted by atomic mass is 19.1. The van der Waals surface area contributed by atoms with Gasteiger partial charge in [0.1, 0.15) is 6.61 Å². The van der Waals surface area contributed by atoms with Gasteiger partial charge in [0.25, 0.3) is 0 Å². The van der Waals surface area contributed by atoms with E-state index in [1.807, 2.05) is 6.08 Å². The lowest BCUT2D eigenvalue weighted by Crippen LogP contribution is -2.69. The van der Waals surface area contributed by atoms with Crippen LogP contribution in [0.1, 0.15) is 39.5 Å². The standard InChI is InChI=1S/C21H27FO6/c1-18-6-5-12(24)7-11(18)3-4-13-14-8-15(25)21(28,17(27)10-23)19(14,2)9-16(26)20(13,18)22/h3,5-6,13-16,23,25-26,28H,4,7-10H2,1-2H3/t13?,14?,15-,16?,18+,19?,20+,21+/m1/s1. The first-order valence-corrected chi connectivity index (χ1v) is 9.80. The third-order valence-corrected chi connectivity index (χ3v) is 8.39. The zero-order valence-corrected chi connectivity index (χ0v) is 16.1. The van der Waals surface area contributed by atoms with E-state index in [2.05, 4.69) is 0 Å². The lowest BCUT2D eigenvalue weighted by atomic mass is 9.45. The van der Waals surface area contributed by atoms with E-state index >= 15 is 4.39 Å². The Kier molecular flexibility index (Phi) is 4.13. The Hall–Kier alpha value is -1.41. The van der Waals surface area contributed by atoms with E-state index in [4.69, 9.17) is 0 Å². The van der Waals surface area contributed by atoms with Gasteiger partial charge in [0.15, 0.2) is 22.8 Å². The fourth-order valence-corrected chi connectivity index (χ4v) is 6.76. The molecule has 0 amide bonds. The second kappa shape index (κ2) is 5.81. The summed E-state index contributed by atoms with van der Waals surface area (Å²) in [5.74, 6) is -2.34. The van der Waals surface area contributed by atoms with Gasteiger partial charge < -0.3 is 20.4 Å². The van der Waals surface area contributed by atoms with Crippen LogP contribution in [-0.4, -0.2) is 62.1 Å². The highest BCUT2D eigenvalue weighted by Crippen LogP contribution is 2.69. The van der Waals surface area contributed by atoms with Crippen molar-refractivity contribution in [3.8, 4) is 0 Å². The number of hydrogen-bond acceptors (Lipinski definition) is 6. The van der Waals surface area contributed by atoms with Gasteiger partial charge in [0, 0.05) is 23.2 Å². The molecule has 0 radical (unpaired) electrons. The zero-order chi connectivity index (χ0) is 20.7. The van der Waals surface area contributed by atoms with Crippen molar-refractivity contribution in [3.05, 3.63) is 23.8 Å². The van der Waals surface area contributed by atoms with Gasteiger partial charge in [-0.3, -0.25) is 9.59 Å². The summed E-state index contributed by atoms with van der Waals surface area (Å²) in [5, 5.41) is 42.1. The van der Waals surface area contributed by atoms with E-state index in [0.717, 1.165) is 0 Å². The number of fused-ring (bicyclic) bond motifs is 5. The van der Waals surface area contributed by atoms with Gasteiger partial charge in [-0.25, -0.2) is 4.39 Å². The fraction of sp³-hybridized carbons (Fsp3) is 0.714. The van der Waals surface area contributed by atoms with Gasteiger partial charge in [0.05, 0.1) is 12.2 Å². The molecule has 8 atom stereocenters. The summed E-state index contributed by atoms with van der Waals surface area (Å²) in [4.78, 5) is 24.2. The lowest BCUT2D eigenvalue weighted by molar-refractivity contribution is -0.218. The number of alkyl halides is 1. The van der Waals surface area contributed by atoms with Gasteiger partial charge >= 0.3 is 0 Å². The molecule has 28 heavy (non-hydrogen) atoms. The summed E-state index contributed by atoms with van der Waals surface area (Å²) in [7, 11) is 0. The van der Waals surface area contributed by atoms with Gasteiger partial charge in [0.2, 0.25) is 0 Å². The number of allylic oxidation sites excluding steroid dienone is 4. The third-order valence-electron chi connectivity index (χ3n) is 8.39. The number of carbonyl (C=O) groups excluding carboxylic acids is 2. The van der Waals surface area contributed by atoms with Crippen LogP contribution in [0.15, 0.2) is 23.8 Å². The topological polar surface area (TPSA) is 115 Å². The van der Waals surface area contributed by atoms with Crippen LogP contribution < -0.4 is 0 Å². The van der Waals surface area contributed by atoms with Gasteiger partial charge in [-0.15, -0.1) is 0 Å². The summed E-state index contributed by atoms with van der Waals surface area (Å²) in [5.41, 5.74) is -6.13. The summed E-state index contributed by atoms with van der Waals surface area (Å²) in [6.45, 7) is 2.33. The molecular weight excluding hydrogens is 367 g/mol. The van der Waals surface area contributed by atoms with Gasteiger partial charge in [-0.05, 0) is 38.2 Å². The Morgan fingerprint density at radius 3 is 2.57 bits per heavy atom. The molecule has 154 valence electrons. The normalized spacial score (nSPS) is 52.5. The monoisotopic (exact) mass is 394 g/mol. The van der Waals surface area contributed by atoms with E-state index in [9.17, 15) is 30.0 Å². The maximum atomic E-state index is 16.8. The van der Waals surface area contributed by atoms with Gasteiger partial charge in [-0.1, -0.05) is 24.6 Å². The SMILES string of the molecule is CC12CC(O)[C@@]3(F)C(CC=C4CC(=O)C=C[C@@]43C)C1C[C@@H](O)[C@]2(O)C(=O)CO. The van der Waals surface area contributed by atoms with Crippen molar-refractivity contribution < 1.29 is 34.4 Å². The maximum Gasteiger partial charge on any atom is 0.192 e. The molecule has 0 bridgehead atoms. The summed E-state index contributed by atoms with van der Waals surface area (Å²) >= 11 is 0. The Labute approximate surface area is 162 Å². The predicted molar refractivity (Wildman–Crippen MR) is 96.8 cm³/mol. The van der Waals surface area contributed by atoms with Crippen LogP contribution in [-0.2, 0) is 9.59 Å². The minimum atomic E-state index is -2.24. The van der Waals surface area contributed by atoms with Crippen molar-refractivity contribution in [2.24, 2.45) is 22.7 Å².